The Morgan fingerprint density at radius 2 is 1.90 bits per heavy atom. The smallest absolute Gasteiger partial charge is 0.160 e. The predicted octanol–water partition coefficient (Wildman–Crippen LogP) is 4.72. The van der Waals surface area contributed by atoms with Gasteiger partial charge in [0.1, 0.15) is 5.52 Å². The molecule has 0 fully saturated rings. The second kappa shape index (κ2) is 4.43. The molecule has 0 bridgehead atoms. The molecule has 4 rings (SSSR count). The van der Waals surface area contributed by atoms with Crippen molar-refractivity contribution in [1.82, 2.24) is 14.5 Å². The van der Waals surface area contributed by atoms with Gasteiger partial charge in [-0.15, -0.1) is 0 Å². The summed E-state index contributed by atoms with van der Waals surface area (Å²) in [4.78, 5) is 9.65. The summed E-state index contributed by atoms with van der Waals surface area (Å²) < 4.78 is 2.19. The molecule has 3 nitrogen and oxygen atoms in total. The molecule has 0 unspecified atom stereocenters. The maximum atomic E-state index is 6.16. The van der Waals surface area contributed by atoms with Gasteiger partial charge < -0.3 is 4.57 Å². The van der Waals surface area contributed by atoms with Crippen LogP contribution in [-0.4, -0.2) is 14.5 Å². The van der Waals surface area contributed by atoms with Crippen LogP contribution in [0.2, 0.25) is 5.02 Å². The van der Waals surface area contributed by atoms with Crippen LogP contribution in [0, 0.1) is 6.92 Å². The van der Waals surface area contributed by atoms with Crippen LogP contribution < -0.4 is 0 Å². The van der Waals surface area contributed by atoms with E-state index in [4.69, 9.17) is 21.6 Å². The van der Waals surface area contributed by atoms with Gasteiger partial charge in [-0.3, -0.25) is 0 Å². The number of benzene rings is 2. The largest absolute Gasteiger partial charge is 0.324 e. The van der Waals surface area contributed by atoms with Crippen LogP contribution in [0.3, 0.4) is 0 Å². The van der Waals surface area contributed by atoms with Crippen molar-refractivity contribution in [1.29, 1.82) is 0 Å². The highest BCUT2D eigenvalue weighted by Gasteiger charge is 2.13. The number of rotatable bonds is 1. The number of aryl methyl sites for hydroxylation is 2. The Hall–Kier alpha value is -2.13. The van der Waals surface area contributed by atoms with Crippen molar-refractivity contribution in [3.05, 3.63) is 47.0 Å². The summed E-state index contributed by atoms with van der Waals surface area (Å²) in [6.07, 6.45) is 0. The average molecular weight is 296 g/mol. The standard InChI is InChI=1S/C17H14ClN3/c1-3-21-15-7-5-11(18)9-12(15)16-17(21)20-13-6-4-10(2)8-14(13)19-16/h4-9H,3H2,1-2H3. The zero-order valence-corrected chi connectivity index (χ0v) is 12.6. The molecule has 2 heterocycles. The number of aromatic nitrogens is 3. The van der Waals surface area contributed by atoms with Crippen LogP contribution in [0.15, 0.2) is 36.4 Å². The number of nitrogens with zero attached hydrogens (tertiary/aromatic N) is 3. The number of hydrogen-bond donors (Lipinski definition) is 0. The fourth-order valence-electron chi connectivity index (χ4n) is 2.89. The van der Waals surface area contributed by atoms with Crippen molar-refractivity contribution in [2.75, 3.05) is 0 Å². The SMILES string of the molecule is CCn1c2ccc(Cl)cc2c2nc3cc(C)ccc3nc21. The van der Waals surface area contributed by atoms with Gasteiger partial charge in [0.2, 0.25) is 0 Å². The Balaban J connectivity index is 2.25. The van der Waals surface area contributed by atoms with E-state index in [1.807, 2.05) is 24.3 Å². The zero-order chi connectivity index (χ0) is 14.6. The minimum Gasteiger partial charge on any atom is -0.324 e. The van der Waals surface area contributed by atoms with Crippen LogP contribution >= 0.6 is 11.6 Å². The molecule has 104 valence electrons. The van der Waals surface area contributed by atoms with Gasteiger partial charge in [0.25, 0.3) is 0 Å². The van der Waals surface area contributed by atoms with Crippen molar-refractivity contribution < 1.29 is 0 Å². The highest BCUT2D eigenvalue weighted by molar-refractivity contribution is 6.31. The normalized spacial score (nSPS) is 11.8. The van der Waals surface area contributed by atoms with E-state index in [1.54, 1.807) is 0 Å². The summed E-state index contributed by atoms with van der Waals surface area (Å²) in [5, 5.41) is 1.79. The van der Waals surface area contributed by atoms with Crippen LogP contribution in [-0.2, 0) is 6.54 Å². The fraction of sp³-hybridized carbons (Fsp3) is 0.176. The molecular formula is C17H14ClN3. The van der Waals surface area contributed by atoms with Crippen molar-refractivity contribution >= 4 is 44.7 Å². The lowest BCUT2D eigenvalue weighted by Crippen LogP contribution is -1.96. The summed E-state index contributed by atoms with van der Waals surface area (Å²) in [6.45, 7) is 5.04. The van der Waals surface area contributed by atoms with E-state index in [0.29, 0.717) is 0 Å². The third kappa shape index (κ3) is 1.81. The lowest BCUT2D eigenvalue weighted by molar-refractivity contribution is 0.817. The first-order chi connectivity index (χ1) is 10.2. The summed E-state index contributed by atoms with van der Waals surface area (Å²) >= 11 is 6.16. The molecule has 0 saturated carbocycles. The van der Waals surface area contributed by atoms with Crippen molar-refractivity contribution in [3.63, 3.8) is 0 Å². The zero-order valence-electron chi connectivity index (χ0n) is 11.9. The van der Waals surface area contributed by atoms with E-state index in [-0.39, 0.29) is 0 Å². The maximum absolute atomic E-state index is 6.16. The van der Waals surface area contributed by atoms with E-state index in [9.17, 15) is 0 Å². The van der Waals surface area contributed by atoms with Crippen LogP contribution in [0.5, 0.6) is 0 Å². The maximum Gasteiger partial charge on any atom is 0.160 e. The van der Waals surface area contributed by atoms with Crippen LogP contribution in [0.4, 0.5) is 0 Å². The Labute approximate surface area is 127 Å². The third-order valence-electron chi connectivity index (χ3n) is 3.88. The lowest BCUT2D eigenvalue weighted by Gasteiger charge is -2.03. The van der Waals surface area contributed by atoms with Crippen molar-refractivity contribution in [2.24, 2.45) is 0 Å². The molecule has 4 heteroatoms. The Kier molecular flexibility index (Phi) is 2.66. The highest BCUT2D eigenvalue weighted by atomic mass is 35.5. The summed E-state index contributed by atoms with van der Waals surface area (Å²) in [7, 11) is 0. The van der Waals surface area contributed by atoms with Gasteiger partial charge in [0.15, 0.2) is 5.65 Å². The molecule has 0 radical (unpaired) electrons. The topological polar surface area (TPSA) is 30.7 Å². The first-order valence-electron chi connectivity index (χ1n) is 7.03. The number of hydrogen-bond acceptors (Lipinski definition) is 2. The molecule has 0 N–H and O–H groups in total. The van der Waals surface area contributed by atoms with E-state index >= 15 is 0 Å². The van der Waals surface area contributed by atoms with Crippen molar-refractivity contribution in [3.8, 4) is 0 Å². The minimum atomic E-state index is 0.726. The molecule has 0 amide bonds. The summed E-state index contributed by atoms with van der Waals surface area (Å²) in [6, 6.07) is 12.1. The second-order valence-corrected chi connectivity index (χ2v) is 5.73. The molecule has 0 aliphatic carbocycles. The van der Waals surface area contributed by atoms with Crippen LogP contribution in [0.25, 0.3) is 33.1 Å². The first-order valence-corrected chi connectivity index (χ1v) is 7.41. The Bertz CT molecular complexity index is 1000. The molecule has 21 heavy (non-hydrogen) atoms. The third-order valence-corrected chi connectivity index (χ3v) is 4.11. The Morgan fingerprint density at radius 3 is 2.71 bits per heavy atom. The van der Waals surface area contributed by atoms with E-state index in [0.717, 1.165) is 44.7 Å². The van der Waals surface area contributed by atoms with E-state index in [1.165, 1.54) is 5.56 Å². The molecule has 0 atom stereocenters. The van der Waals surface area contributed by atoms with E-state index in [2.05, 4.69) is 30.5 Å². The van der Waals surface area contributed by atoms with Gasteiger partial charge in [-0.1, -0.05) is 17.7 Å². The molecule has 0 aliphatic heterocycles. The quantitative estimate of drug-likeness (QED) is 0.509. The predicted molar refractivity (Wildman–Crippen MR) is 88.0 cm³/mol. The van der Waals surface area contributed by atoms with Gasteiger partial charge in [-0.25, -0.2) is 9.97 Å². The monoisotopic (exact) mass is 295 g/mol. The second-order valence-electron chi connectivity index (χ2n) is 5.29. The molecule has 2 aromatic heterocycles. The van der Waals surface area contributed by atoms with Gasteiger partial charge in [-0.05, 0) is 49.7 Å². The summed E-state index contributed by atoms with van der Waals surface area (Å²) in [5.74, 6) is 0. The highest BCUT2D eigenvalue weighted by Crippen LogP contribution is 2.30. The molecule has 4 aromatic rings. The molecule has 0 spiro atoms. The first kappa shape index (κ1) is 12.6. The average Bonchev–Trinajstić information content (AvgIpc) is 2.77. The molecule has 0 aliphatic rings. The summed E-state index contributed by atoms with van der Waals surface area (Å²) in [5.41, 5.74) is 6.02. The number of fused-ring (bicyclic) bond motifs is 4. The van der Waals surface area contributed by atoms with Gasteiger partial charge in [0.05, 0.1) is 16.6 Å². The van der Waals surface area contributed by atoms with Crippen molar-refractivity contribution in [2.45, 2.75) is 20.4 Å². The molecule has 2 aromatic carbocycles. The van der Waals surface area contributed by atoms with Gasteiger partial charge >= 0.3 is 0 Å². The fourth-order valence-corrected chi connectivity index (χ4v) is 3.06. The van der Waals surface area contributed by atoms with Gasteiger partial charge in [-0.2, -0.15) is 0 Å². The number of halogens is 1. The Morgan fingerprint density at radius 1 is 1.05 bits per heavy atom. The van der Waals surface area contributed by atoms with Gasteiger partial charge in [0, 0.05) is 17.0 Å². The lowest BCUT2D eigenvalue weighted by atomic mass is 10.2. The van der Waals surface area contributed by atoms with Crippen LogP contribution in [0.1, 0.15) is 12.5 Å². The molecule has 0 saturated heterocycles. The molecular weight excluding hydrogens is 282 g/mol. The van der Waals surface area contributed by atoms with E-state index < -0.39 is 0 Å². The minimum absolute atomic E-state index is 0.726.